The van der Waals surface area contributed by atoms with Gasteiger partial charge < -0.3 is 5.32 Å². The normalized spacial score (nSPS) is 11.8. The van der Waals surface area contributed by atoms with E-state index in [0.29, 0.717) is 18.1 Å². The second-order valence-corrected chi connectivity index (χ2v) is 4.05. The average Bonchev–Trinajstić information content (AvgIpc) is 2.82. The molecule has 0 saturated heterocycles. The molecule has 0 aliphatic rings. The second-order valence-electron chi connectivity index (χ2n) is 3.29. The zero-order valence-corrected chi connectivity index (χ0v) is 9.48. The molecule has 2 aromatic heterocycles. The van der Waals surface area contributed by atoms with Crippen LogP contribution in [0.5, 0.6) is 0 Å². The lowest BCUT2D eigenvalue weighted by Crippen LogP contribution is -2.07. The van der Waals surface area contributed by atoms with E-state index in [1.54, 1.807) is 6.20 Å². The highest BCUT2D eigenvalue weighted by atomic mass is 32.1. The molecule has 5 nitrogen and oxygen atoms in total. The second kappa shape index (κ2) is 4.32. The molecule has 17 heavy (non-hydrogen) atoms. The standard InChI is InChI=1S/C8H8F3N5S/c1-4-5(3-13-15-4)2-12-7-14-6(16-17-7)8(9,10)11/h3H,2H2,1H3,(H,13,15)(H,12,14,16). The van der Waals surface area contributed by atoms with Crippen molar-refractivity contribution >= 4 is 16.7 Å². The van der Waals surface area contributed by atoms with Crippen LogP contribution in [0.4, 0.5) is 18.3 Å². The Kier molecular flexibility index (Phi) is 3.01. The van der Waals surface area contributed by atoms with Gasteiger partial charge in [0, 0.05) is 29.3 Å². The van der Waals surface area contributed by atoms with E-state index in [4.69, 9.17) is 0 Å². The predicted molar refractivity (Wildman–Crippen MR) is 55.6 cm³/mol. The molecule has 0 aliphatic carbocycles. The summed E-state index contributed by atoms with van der Waals surface area (Å²) in [6.07, 6.45) is -2.89. The van der Waals surface area contributed by atoms with Gasteiger partial charge in [-0.05, 0) is 6.92 Å². The number of aromatic amines is 1. The maximum absolute atomic E-state index is 12.2. The molecule has 0 spiro atoms. The summed E-state index contributed by atoms with van der Waals surface area (Å²) in [7, 11) is 0. The van der Waals surface area contributed by atoms with Crippen LogP contribution in [-0.4, -0.2) is 19.6 Å². The van der Waals surface area contributed by atoms with Crippen LogP contribution in [0, 0.1) is 6.92 Å². The van der Waals surface area contributed by atoms with Crippen LogP contribution in [0.25, 0.3) is 0 Å². The minimum Gasteiger partial charge on any atom is -0.356 e. The predicted octanol–water partition coefficient (Wildman–Crippen LogP) is 2.20. The van der Waals surface area contributed by atoms with Crippen molar-refractivity contribution in [2.75, 3.05) is 5.32 Å². The average molecular weight is 263 g/mol. The topological polar surface area (TPSA) is 66.5 Å². The first kappa shape index (κ1) is 11.8. The summed E-state index contributed by atoms with van der Waals surface area (Å²) >= 11 is 0.681. The number of nitrogens with one attached hydrogen (secondary N) is 2. The molecule has 2 N–H and O–H groups in total. The van der Waals surface area contributed by atoms with E-state index in [-0.39, 0.29) is 5.13 Å². The van der Waals surface area contributed by atoms with Crippen LogP contribution in [0.3, 0.4) is 0 Å². The Morgan fingerprint density at radius 1 is 1.47 bits per heavy atom. The maximum Gasteiger partial charge on any atom is 0.452 e. The SMILES string of the molecule is Cc1[nH]ncc1CNc1nc(C(F)(F)F)ns1. The Morgan fingerprint density at radius 3 is 2.76 bits per heavy atom. The van der Waals surface area contributed by atoms with Gasteiger partial charge in [0.2, 0.25) is 11.0 Å². The molecule has 0 amide bonds. The number of anilines is 1. The lowest BCUT2D eigenvalue weighted by molar-refractivity contribution is -0.144. The van der Waals surface area contributed by atoms with Gasteiger partial charge in [-0.15, -0.1) is 0 Å². The number of hydrogen-bond donors (Lipinski definition) is 2. The highest BCUT2D eigenvalue weighted by molar-refractivity contribution is 7.09. The molecule has 0 aromatic carbocycles. The fraction of sp³-hybridized carbons (Fsp3) is 0.375. The van der Waals surface area contributed by atoms with Gasteiger partial charge in [0.25, 0.3) is 0 Å². The van der Waals surface area contributed by atoms with E-state index >= 15 is 0 Å². The largest absolute Gasteiger partial charge is 0.452 e. The Bertz CT molecular complexity index is 503. The number of hydrogen-bond acceptors (Lipinski definition) is 5. The number of aryl methyl sites for hydroxylation is 1. The summed E-state index contributed by atoms with van der Waals surface area (Å²) in [5.41, 5.74) is 1.73. The highest BCUT2D eigenvalue weighted by Crippen LogP contribution is 2.29. The van der Waals surface area contributed by atoms with Crippen molar-refractivity contribution in [3.8, 4) is 0 Å². The van der Waals surface area contributed by atoms with Gasteiger partial charge in [-0.3, -0.25) is 5.10 Å². The highest BCUT2D eigenvalue weighted by Gasteiger charge is 2.36. The van der Waals surface area contributed by atoms with Crippen molar-refractivity contribution in [3.63, 3.8) is 0 Å². The molecule has 0 fully saturated rings. The van der Waals surface area contributed by atoms with Gasteiger partial charge in [0.15, 0.2) is 0 Å². The smallest absolute Gasteiger partial charge is 0.356 e. The van der Waals surface area contributed by atoms with Crippen LogP contribution in [-0.2, 0) is 12.7 Å². The first-order chi connectivity index (χ1) is 7.97. The molecule has 2 rings (SSSR count). The van der Waals surface area contributed by atoms with Crippen LogP contribution in [0.15, 0.2) is 6.20 Å². The lowest BCUT2D eigenvalue weighted by Gasteiger charge is -2.00. The third-order valence-electron chi connectivity index (χ3n) is 2.04. The summed E-state index contributed by atoms with van der Waals surface area (Å²) in [6, 6.07) is 0. The number of nitrogens with zero attached hydrogens (tertiary/aromatic N) is 3. The Morgan fingerprint density at radius 2 is 2.24 bits per heavy atom. The zero-order chi connectivity index (χ0) is 12.5. The van der Waals surface area contributed by atoms with Crippen molar-refractivity contribution in [2.45, 2.75) is 19.6 Å². The zero-order valence-electron chi connectivity index (χ0n) is 8.67. The van der Waals surface area contributed by atoms with E-state index in [0.717, 1.165) is 11.3 Å². The van der Waals surface area contributed by atoms with Gasteiger partial charge in [0.1, 0.15) is 0 Å². The molecule has 92 valence electrons. The van der Waals surface area contributed by atoms with Crippen molar-refractivity contribution in [3.05, 3.63) is 23.3 Å². The summed E-state index contributed by atoms with van der Waals surface area (Å²) < 4.78 is 39.9. The first-order valence-electron chi connectivity index (χ1n) is 4.60. The van der Waals surface area contributed by atoms with Crippen molar-refractivity contribution < 1.29 is 13.2 Å². The van der Waals surface area contributed by atoms with E-state index in [2.05, 4.69) is 24.9 Å². The quantitative estimate of drug-likeness (QED) is 0.891. The fourth-order valence-corrected chi connectivity index (χ4v) is 1.72. The van der Waals surface area contributed by atoms with Gasteiger partial charge in [-0.1, -0.05) is 0 Å². The molecule has 0 aliphatic heterocycles. The summed E-state index contributed by atoms with van der Waals surface area (Å²) in [5, 5.41) is 9.43. The molecular formula is C8H8F3N5S. The molecule has 9 heteroatoms. The maximum atomic E-state index is 12.2. The molecule has 2 heterocycles. The number of alkyl halides is 3. The molecule has 0 saturated carbocycles. The van der Waals surface area contributed by atoms with Gasteiger partial charge in [-0.2, -0.15) is 27.6 Å². The fourth-order valence-electron chi connectivity index (χ4n) is 1.14. The van der Waals surface area contributed by atoms with Gasteiger partial charge >= 0.3 is 6.18 Å². The molecule has 0 unspecified atom stereocenters. The summed E-state index contributed by atoms with van der Waals surface area (Å²) in [4.78, 5) is 3.35. The Labute approximate surface area is 98.2 Å². The van der Waals surface area contributed by atoms with Crippen molar-refractivity contribution in [1.29, 1.82) is 0 Å². The number of halogens is 3. The van der Waals surface area contributed by atoms with E-state index in [9.17, 15) is 13.2 Å². The third-order valence-corrected chi connectivity index (χ3v) is 2.72. The van der Waals surface area contributed by atoms with Gasteiger partial charge in [0.05, 0.1) is 6.20 Å². The summed E-state index contributed by atoms with van der Waals surface area (Å²) in [5.74, 6) is -1.12. The monoisotopic (exact) mass is 263 g/mol. The summed E-state index contributed by atoms with van der Waals surface area (Å²) in [6.45, 7) is 2.18. The van der Waals surface area contributed by atoms with Crippen LogP contribution >= 0.6 is 11.5 Å². The Hall–Kier alpha value is -1.64. The minimum atomic E-state index is -4.50. The van der Waals surface area contributed by atoms with Crippen LogP contribution in [0.2, 0.25) is 0 Å². The lowest BCUT2D eigenvalue weighted by atomic mass is 10.3. The van der Waals surface area contributed by atoms with E-state index in [1.165, 1.54) is 0 Å². The van der Waals surface area contributed by atoms with Crippen molar-refractivity contribution in [1.82, 2.24) is 19.6 Å². The number of rotatable bonds is 3. The molecule has 0 atom stereocenters. The van der Waals surface area contributed by atoms with Crippen LogP contribution < -0.4 is 5.32 Å². The van der Waals surface area contributed by atoms with Gasteiger partial charge in [-0.25, -0.2) is 0 Å². The van der Waals surface area contributed by atoms with E-state index in [1.807, 2.05) is 6.92 Å². The Balaban J connectivity index is 2.01. The number of aromatic nitrogens is 4. The molecule has 0 radical (unpaired) electrons. The third kappa shape index (κ3) is 2.73. The number of H-pyrrole nitrogens is 1. The minimum absolute atomic E-state index is 0.137. The first-order valence-corrected chi connectivity index (χ1v) is 5.38. The van der Waals surface area contributed by atoms with Crippen LogP contribution in [0.1, 0.15) is 17.1 Å². The molecule has 0 bridgehead atoms. The van der Waals surface area contributed by atoms with E-state index < -0.39 is 12.0 Å². The molecular weight excluding hydrogens is 255 g/mol. The molecule has 2 aromatic rings. The van der Waals surface area contributed by atoms with Crippen molar-refractivity contribution in [2.24, 2.45) is 0 Å².